The van der Waals surface area contributed by atoms with Crippen molar-refractivity contribution in [3.05, 3.63) is 47.5 Å². The van der Waals surface area contributed by atoms with Crippen molar-refractivity contribution in [3.63, 3.8) is 0 Å². The van der Waals surface area contributed by atoms with Crippen molar-refractivity contribution < 1.29 is 0 Å². The van der Waals surface area contributed by atoms with Gasteiger partial charge in [-0.3, -0.25) is 0 Å². The van der Waals surface area contributed by atoms with Gasteiger partial charge in [-0.15, -0.1) is 11.6 Å². The van der Waals surface area contributed by atoms with Gasteiger partial charge in [0, 0.05) is 0 Å². The van der Waals surface area contributed by atoms with E-state index in [0.717, 1.165) is 12.8 Å². The monoisotopic (exact) mass is 206 g/mol. The maximum absolute atomic E-state index is 6.18. The third-order valence-electron chi connectivity index (χ3n) is 2.81. The van der Waals surface area contributed by atoms with Crippen molar-refractivity contribution in [1.29, 1.82) is 0 Å². The van der Waals surface area contributed by atoms with Gasteiger partial charge in [-0.1, -0.05) is 42.0 Å². The van der Waals surface area contributed by atoms with Gasteiger partial charge in [0.25, 0.3) is 0 Å². The topological polar surface area (TPSA) is 0 Å². The zero-order chi connectivity index (χ0) is 9.97. The van der Waals surface area contributed by atoms with E-state index in [4.69, 9.17) is 11.6 Å². The van der Waals surface area contributed by atoms with Crippen LogP contribution in [0.4, 0.5) is 0 Å². The second kappa shape index (κ2) is 4.18. The molecular weight excluding hydrogens is 192 g/mol. The molecule has 0 aromatic heterocycles. The van der Waals surface area contributed by atoms with Gasteiger partial charge in [-0.2, -0.15) is 0 Å². The number of rotatable bonds is 1. The summed E-state index contributed by atoms with van der Waals surface area (Å²) in [6.45, 7) is 2.17. The van der Waals surface area contributed by atoms with E-state index in [0.29, 0.717) is 5.92 Å². The fourth-order valence-corrected chi connectivity index (χ4v) is 2.60. The van der Waals surface area contributed by atoms with Crippen molar-refractivity contribution >= 4 is 11.6 Å². The van der Waals surface area contributed by atoms with E-state index in [2.05, 4.69) is 43.3 Å². The molecule has 0 radical (unpaired) electrons. The Bertz CT molecular complexity index is 326. The van der Waals surface area contributed by atoms with Crippen LogP contribution in [0.2, 0.25) is 0 Å². The first kappa shape index (κ1) is 9.79. The minimum absolute atomic E-state index is 0.217. The van der Waals surface area contributed by atoms with Gasteiger partial charge in [-0.05, 0) is 31.2 Å². The number of hydrogen-bond donors (Lipinski definition) is 0. The zero-order valence-corrected chi connectivity index (χ0v) is 9.17. The fourth-order valence-electron chi connectivity index (χ4n) is 2.17. The van der Waals surface area contributed by atoms with E-state index in [-0.39, 0.29) is 5.38 Å². The summed E-state index contributed by atoms with van der Waals surface area (Å²) in [5.74, 6) is 0.615. The minimum Gasteiger partial charge on any atom is -0.118 e. The second-order valence-corrected chi connectivity index (χ2v) is 4.64. The molecule has 74 valence electrons. The van der Waals surface area contributed by atoms with Crippen LogP contribution in [0.3, 0.4) is 0 Å². The molecule has 0 N–H and O–H groups in total. The Morgan fingerprint density at radius 3 is 2.57 bits per heavy atom. The van der Waals surface area contributed by atoms with Gasteiger partial charge in [-0.25, -0.2) is 0 Å². The summed E-state index contributed by atoms with van der Waals surface area (Å²) in [6, 6.07) is 10.7. The van der Waals surface area contributed by atoms with Crippen LogP contribution in [-0.2, 0) is 0 Å². The molecule has 1 aliphatic rings. The standard InChI is InChI=1S/C13H15Cl/c1-10-7-12(9-13(14)8-10)11-5-3-2-4-6-11/h2-6,8,12-13H,7,9H2,1H3. The van der Waals surface area contributed by atoms with E-state index in [9.17, 15) is 0 Å². The molecule has 2 rings (SSSR count). The predicted molar refractivity (Wildman–Crippen MR) is 61.8 cm³/mol. The number of alkyl halides is 1. The molecule has 0 bridgehead atoms. The largest absolute Gasteiger partial charge is 0.118 e. The molecule has 0 heterocycles. The first-order valence-electron chi connectivity index (χ1n) is 5.12. The first-order chi connectivity index (χ1) is 6.75. The summed E-state index contributed by atoms with van der Waals surface area (Å²) in [5, 5.41) is 0.217. The summed E-state index contributed by atoms with van der Waals surface area (Å²) in [7, 11) is 0. The molecule has 1 aromatic rings. The number of allylic oxidation sites excluding steroid dienone is 2. The van der Waals surface area contributed by atoms with Crippen LogP contribution in [0, 0.1) is 0 Å². The molecular formula is C13H15Cl. The minimum atomic E-state index is 0.217. The highest BCUT2D eigenvalue weighted by molar-refractivity contribution is 6.21. The first-order valence-corrected chi connectivity index (χ1v) is 5.55. The van der Waals surface area contributed by atoms with Crippen LogP contribution in [-0.4, -0.2) is 5.38 Å². The van der Waals surface area contributed by atoms with Gasteiger partial charge in [0.2, 0.25) is 0 Å². The van der Waals surface area contributed by atoms with E-state index in [1.807, 2.05) is 0 Å². The van der Waals surface area contributed by atoms with Crippen LogP contribution in [0.1, 0.15) is 31.2 Å². The average molecular weight is 207 g/mol. The molecule has 0 fully saturated rings. The SMILES string of the molecule is CC1=CC(Cl)CC(c2ccccc2)C1. The molecule has 0 aliphatic heterocycles. The van der Waals surface area contributed by atoms with Crippen molar-refractivity contribution in [2.75, 3.05) is 0 Å². The van der Waals surface area contributed by atoms with Crippen molar-refractivity contribution in [3.8, 4) is 0 Å². The van der Waals surface area contributed by atoms with Gasteiger partial charge >= 0.3 is 0 Å². The molecule has 0 amide bonds. The molecule has 1 aliphatic carbocycles. The number of benzene rings is 1. The molecule has 0 spiro atoms. The van der Waals surface area contributed by atoms with Crippen LogP contribution in [0.5, 0.6) is 0 Å². The Labute approximate surface area is 90.6 Å². The smallest absolute Gasteiger partial charge is 0.0524 e. The lowest BCUT2D eigenvalue weighted by molar-refractivity contribution is 0.600. The van der Waals surface area contributed by atoms with E-state index >= 15 is 0 Å². The highest BCUT2D eigenvalue weighted by Crippen LogP contribution is 2.34. The maximum atomic E-state index is 6.18. The van der Waals surface area contributed by atoms with Gasteiger partial charge in [0.15, 0.2) is 0 Å². The van der Waals surface area contributed by atoms with Crippen molar-refractivity contribution in [2.45, 2.75) is 31.1 Å². The Morgan fingerprint density at radius 2 is 1.93 bits per heavy atom. The maximum Gasteiger partial charge on any atom is 0.0524 e. The average Bonchev–Trinajstić information content (AvgIpc) is 2.18. The van der Waals surface area contributed by atoms with Crippen LogP contribution >= 0.6 is 11.6 Å². The quantitative estimate of drug-likeness (QED) is 0.479. The van der Waals surface area contributed by atoms with Gasteiger partial charge in [0.05, 0.1) is 5.38 Å². The van der Waals surface area contributed by atoms with Gasteiger partial charge in [0.1, 0.15) is 0 Å². The van der Waals surface area contributed by atoms with Gasteiger partial charge < -0.3 is 0 Å². The summed E-state index contributed by atoms with van der Waals surface area (Å²) < 4.78 is 0. The summed E-state index contributed by atoms with van der Waals surface area (Å²) in [4.78, 5) is 0. The van der Waals surface area contributed by atoms with Crippen molar-refractivity contribution in [2.24, 2.45) is 0 Å². The van der Waals surface area contributed by atoms with Crippen molar-refractivity contribution in [1.82, 2.24) is 0 Å². The normalized spacial score (nSPS) is 27.1. The molecule has 2 unspecified atom stereocenters. The van der Waals surface area contributed by atoms with Crippen LogP contribution in [0.25, 0.3) is 0 Å². The third-order valence-corrected chi connectivity index (χ3v) is 3.12. The van der Waals surface area contributed by atoms with E-state index in [1.54, 1.807) is 0 Å². The fraction of sp³-hybridized carbons (Fsp3) is 0.385. The Hall–Kier alpha value is -0.750. The lowest BCUT2D eigenvalue weighted by Gasteiger charge is -2.24. The lowest BCUT2D eigenvalue weighted by Crippen LogP contribution is -2.11. The van der Waals surface area contributed by atoms with Crippen LogP contribution < -0.4 is 0 Å². The molecule has 0 saturated carbocycles. The molecule has 1 aromatic carbocycles. The Balaban J connectivity index is 2.18. The summed E-state index contributed by atoms with van der Waals surface area (Å²) in [5.41, 5.74) is 2.84. The molecule has 0 nitrogen and oxygen atoms in total. The van der Waals surface area contributed by atoms with Crippen LogP contribution in [0.15, 0.2) is 42.0 Å². The predicted octanol–water partition coefficient (Wildman–Crippen LogP) is 4.12. The van der Waals surface area contributed by atoms with E-state index in [1.165, 1.54) is 11.1 Å². The highest BCUT2D eigenvalue weighted by atomic mass is 35.5. The summed E-state index contributed by atoms with van der Waals surface area (Å²) >= 11 is 6.18. The summed E-state index contributed by atoms with van der Waals surface area (Å²) in [6.07, 6.45) is 4.41. The molecule has 14 heavy (non-hydrogen) atoms. The molecule has 2 atom stereocenters. The van der Waals surface area contributed by atoms with E-state index < -0.39 is 0 Å². The Morgan fingerprint density at radius 1 is 1.21 bits per heavy atom. The molecule has 0 saturated heterocycles. The second-order valence-electron chi connectivity index (χ2n) is 4.08. The third kappa shape index (κ3) is 2.19. The Kier molecular flexibility index (Phi) is 2.93. The number of hydrogen-bond acceptors (Lipinski definition) is 0. The highest BCUT2D eigenvalue weighted by Gasteiger charge is 2.20. The molecule has 1 heteroatoms. The number of halogens is 1. The lowest BCUT2D eigenvalue weighted by atomic mass is 9.84. The zero-order valence-electron chi connectivity index (χ0n) is 8.41.